The van der Waals surface area contributed by atoms with Gasteiger partial charge in [-0.05, 0) is 50.2 Å². The van der Waals surface area contributed by atoms with E-state index < -0.39 is 16.1 Å². The van der Waals surface area contributed by atoms with Crippen LogP contribution in [-0.4, -0.2) is 38.9 Å². The quantitative estimate of drug-likeness (QED) is 0.782. The second-order valence-corrected chi connectivity index (χ2v) is 8.99. The summed E-state index contributed by atoms with van der Waals surface area (Å²) in [6.07, 6.45) is 2.79. The number of nitrogens with zero attached hydrogens (tertiary/aromatic N) is 1. The van der Waals surface area contributed by atoms with Crippen LogP contribution in [0.3, 0.4) is 0 Å². The molecule has 6 heteroatoms. The maximum absolute atomic E-state index is 12.7. The summed E-state index contributed by atoms with van der Waals surface area (Å²) in [5.41, 5.74) is 0.993. The summed E-state index contributed by atoms with van der Waals surface area (Å²) in [7, 11) is -1.95. The molecule has 1 aliphatic rings. The van der Waals surface area contributed by atoms with Crippen LogP contribution in [0.15, 0.2) is 29.2 Å². The van der Waals surface area contributed by atoms with E-state index in [2.05, 4.69) is 4.72 Å². The highest BCUT2D eigenvalue weighted by Crippen LogP contribution is 2.29. The van der Waals surface area contributed by atoms with E-state index in [4.69, 9.17) is 0 Å². The number of amides is 1. The van der Waals surface area contributed by atoms with Gasteiger partial charge in [0.05, 0.1) is 4.90 Å². The van der Waals surface area contributed by atoms with Crippen molar-refractivity contribution in [3.8, 4) is 0 Å². The Morgan fingerprint density at radius 1 is 1.25 bits per heavy atom. The molecule has 0 spiro atoms. The van der Waals surface area contributed by atoms with Crippen molar-refractivity contribution in [3.63, 3.8) is 0 Å². The van der Waals surface area contributed by atoms with Gasteiger partial charge in [0.15, 0.2) is 0 Å². The first kappa shape index (κ1) is 18.9. The van der Waals surface area contributed by atoms with E-state index in [1.54, 1.807) is 36.2 Å². The second-order valence-electron chi connectivity index (χ2n) is 7.28. The van der Waals surface area contributed by atoms with Gasteiger partial charge in [0, 0.05) is 13.6 Å². The van der Waals surface area contributed by atoms with E-state index in [1.165, 1.54) is 0 Å². The van der Waals surface area contributed by atoms with Crippen molar-refractivity contribution >= 4 is 15.9 Å². The highest BCUT2D eigenvalue weighted by molar-refractivity contribution is 7.89. The molecule has 24 heavy (non-hydrogen) atoms. The van der Waals surface area contributed by atoms with Crippen molar-refractivity contribution in [1.29, 1.82) is 0 Å². The third-order valence-corrected chi connectivity index (χ3v) is 5.73. The molecular weight excluding hydrogens is 324 g/mol. The minimum atomic E-state index is -3.71. The summed E-state index contributed by atoms with van der Waals surface area (Å²) in [6.45, 7) is 6.59. The van der Waals surface area contributed by atoms with Crippen LogP contribution in [0.2, 0.25) is 0 Å². The molecule has 1 aromatic carbocycles. The number of aryl methyl sites for hydroxylation is 1. The molecule has 1 fully saturated rings. The van der Waals surface area contributed by atoms with Crippen LogP contribution in [0.4, 0.5) is 0 Å². The van der Waals surface area contributed by atoms with Crippen molar-refractivity contribution in [2.45, 2.75) is 51.0 Å². The lowest BCUT2D eigenvalue weighted by Crippen LogP contribution is -2.48. The topological polar surface area (TPSA) is 66.5 Å². The standard InChI is InChI=1S/C18H28N2O3S/c1-13(2)11-17(18(21)20(4)12-15-7-8-15)19-24(22,23)16-9-5-14(3)6-10-16/h5-6,9-10,13,15,17,19H,7-8,11-12H2,1-4H3. The largest absolute Gasteiger partial charge is 0.344 e. The maximum Gasteiger partial charge on any atom is 0.241 e. The highest BCUT2D eigenvalue weighted by Gasteiger charge is 2.31. The summed E-state index contributed by atoms with van der Waals surface area (Å²) >= 11 is 0. The number of likely N-dealkylation sites (N-methyl/N-ethyl adjacent to an activating group) is 1. The molecule has 0 radical (unpaired) electrons. The molecule has 2 rings (SSSR count). The number of benzene rings is 1. The van der Waals surface area contributed by atoms with Crippen molar-refractivity contribution < 1.29 is 13.2 Å². The van der Waals surface area contributed by atoms with E-state index in [-0.39, 0.29) is 16.7 Å². The first-order valence-electron chi connectivity index (χ1n) is 8.53. The van der Waals surface area contributed by atoms with Crippen molar-refractivity contribution in [3.05, 3.63) is 29.8 Å². The monoisotopic (exact) mass is 352 g/mol. The van der Waals surface area contributed by atoms with Gasteiger partial charge in [-0.3, -0.25) is 4.79 Å². The minimum absolute atomic E-state index is 0.147. The first-order chi connectivity index (χ1) is 11.2. The number of sulfonamides is 1. The highest BCUT2D eigenvalue weighted by atomic mass is 32.2. The summed E-state index contributed by atoms with van der Waals surface area (Å²) < 4.78 is 27.8. The molecule has 1 amide bonds. The Morgan fingerprint density at radius 2 is 1.83 bits per heavy atom. The number of rotatable bonds is 8. The number of nitrogens with one attached hydrogen (secondary N) is 1. The number of hydrogen-bond donors (Lipinski definition) is 1. The molecule has 0 aromatic heterocycles. The Balaban J connectivity index is 2.14. The van der Waals surface area contributed by atoms with Gasteiger partial charge in [-0.1, -0.05) is 31.5 Å². The van der Waals surface area contributed by atoms with Gasteiger partial charge in [0.2, 0.25) is 15.9 Å². The zero-order valence-electron chi connectivity index (χ0n) is 15.0. The molecular formula is C18H28N2O3S. The molecule has 1 saturated carbocycles. The molecule has 1 N–H and O–H groups in total. The summed E-state index contributed by atoms with van der Waals surface area (Å²) in [5, 5.41) is 0. The summed E-state index contributed by atoms with van der Waals surface area (Å²) in [4.78, 5) is 14.6. The molecule has 1 atom stereocenters. The van der Waals surface area contributed by atoms with Crippen LogP contribution in [0, 0.1) is 18.8 Å². The number of hydrogen-bond acceptors (Lipinski definition) is 3. The van der Waals surface area contributed by atoms with E-state index >= 15 is 0 Å². The fourth-order valence-corrected chi connectivity index (χ4v) is 3.89. The molecule has 134 valence electrons. The van der Waals surface area contributed by atoms with Crippen LogP contribution < -0.4 is 4.72 Å². The maximum atomic E-state index is 12.7. The van der Waals surface area contributed by atoms with Crippen molar-refractivity contribution in [2.75, 3.05) is 13.6 Å². The Labute approximate surface area is 145 Å². The van der Waals surface area contributed by atoms with Gasteiger partial charge in [-0.2, -0.15) is 4.72 Å². The molecule has 0 aliphatic heterocycles. The van der Waals surface area contributed by atoms with E-state index in [0.29, 0.717) is 18.9 Å². The third kappa shape index (κ3) is 5.31. The van der Waals surface area contributed by atoms with Gasteiger partial charge >= 0.3 is 0 Å². The number of carbonyl (C=O) groups excluding carboxylic acids is 1. The Bertz CT molecular complexity index is 664. The van der Waals surface area contributed by atoms with Crippen LogP contribution in [-0.2, 0) is 14.8 Å². The zero-order valence-corrected chi connectivity index (χ0v) is 15.8. The fourth-order valence-electron chi connectivity index (χ4n) is 2.69. The molecule has 1 aromatic rings. The minimum Gasteiger partial charge on any atom is -0.344 e. The second kappa shape index (κ2) is 7.66. The van der Waals surface area contributed by atoms with Gasteiger partial charge in [-0.15, -0.1) is 0 Å². The average molecular weight is 353 g/mol. The lowest BCUT2D eigenvalue weighted by Gasteiger charge is -2.25. The molecule has 1 aliphatic carbocycles. The van der Waals surface area contributed by atoms with Gasteiger partial charge in [-0.25, -0.2) is 8.42 Å². The molecule has 5 nitrogen and oxygen atoms in total. The Hall–Kier alpha value is -1.40. The predicted octanol–water partition coefficient (Wildman–Crippen LogP) is 2.56. The Morgan fingerprint density at radius 3 is 2.33 bits per heavy atom. The van der Waals surface area contributed by atoms with Crippen molar-refractivity contribution in [1.82, 2.24) is 9.62 Å². The molecule has 1 unspecified atom stereocenters. The zero-order chi connectivity index (χ0) is 17.9. The van der Waals surface area contributed by atoms with Gasteiger partial charge < -0.3 is 4.90 Å². The normalized spacial score (nSPS) is 16.2. The van der Waals surface area contributed by atoms with Gasteiger partial charge in [0.25, 0.3) is 0 Å². The fraction of sp³-hybridized carbons (Fsp3) is 0.611. The third-order valence-electron chi connectivity index (χ3n) is 4.24. The van der Waals surface area contributed by atoms with E-state index in [1.807, 2.05) is 20.8 Å². The lowest BCUT2D eigenvalue weighted by molar-refractivity contribution is -0.132. The number of carbonyl (C=O) groups is 1. The molecule has 0 bridgehead atoms. The SMILES string of the molecule is Cc1ccc(S(=O)(=O)NC(CC(C)C)C(=O)N(C)CC2CC2)cc1. The summed E-state index contributed by atoms with van der Waals surface area (Å²) in [5.74, 6) is 0.646. The van der Waals surface area contributed by atoms with Gasteiger partial charge in [0.1, 0.15) is 6.04 Å². The van der Waals surface area contributed by atoms with Crippen LogP contribution >= 0.6 is 0 Å². The summed E-state index contributed by atoms with van der Waals surface area (Å²) in [6, 6.07) is 5.94. The Kier molecular flexibility index (Phi) is 6.04. The lowest BCUT2D eigenvalue weighted by atomic mass is 10.0. The van der Waals surface area contributed by atoms with Crippen LogP contribution in [0.1, 0.15) is 38.7 Å². The predicted molar refractivity (Wildman–Crippen MR) is 95.1 cm³/mol. The van der Waals surface area contributed by atoms with Crippen LogP contribution in [0.25, 0.3) is 0 Å². The average Bonchev–Trinajstić information content (AvgIpc) is 3.29. The van der Waals surface area contributed by atoms with Crippen LogP contribution in [0.5, 0.6) is 0 Å². The molecule has 0 saturated heterocycles. The van der Waals surface area contributed by atoms with E-state index in [9.17, 15) is 13.2 Å². The van der Waals surface area contributed by atoms with E-state index in [0.717, 1.165) is 18.4 Å². The first-order valence-corrected chi connectivity index (χ1v) is 10.0. The smallest absolute Gasteiger partial charge is 0.241 e. The molecule has 0 heterocycles. The van der Waals surface area contributed by atoms with Crippen molar-refractivity contribution in [2.24, 2.45) is 11.8 Å².